The fourth-order valence-electron chi connectivity index (χ4n) is 4.14. The Balaban J connectivity index is 2.32. The lowest BCUT2D eigenvalue weighted by molar-refractivity contribution is -0.184. The first-order valence-electron chi connectivity index (χ1n) is 8.01. The second-order valence-electron chi connectivity index (χ2n) is 5.96. The molecule has 0 N–H and O–H groups in total. The van der Waals surface area contributed by atoms with Crippen LogP contribution in [-0.2, 0) is 19.1 Å². The molecule has 20 heavy (non-hydrogen) atoms. The van der Waals surface area contributed by atoms with E-state index in [0.29, 0.717) is 25.6 Å². The molecule has 2 fully saturated rings. The number of hydrogen-bond acceptors (Lipinski definition) is 4. The van der Waals surface area contributed by atoms with Crippen molar-refractivity contribution in [3.05, 3.63) is 0 Å². The van der Waals surface area contributed by atoms with Crippen LogP contribution in [0.1, 0.15) is 58.8 Å². The van der Waals surface area contributed by atoms with Crippen LogP contribution < -0.4 is 0 Å². The molecule has 0 aliphatic heterocycles. The summed E-state index contributed by atoms with van der Waals surface area (Å²) in [7, 11) is 0. The Morgan fingerprint density at radius 3 is 2.10 bits per heavy atom. The highest BCUT2D eigenvalue weighted by Gasteiger charge is 2.58. The lowest BCUT2D eigenvalue weighted by Crippen LogP contribution is -2.53. The third-order valence-electron chi connectivity index (χ3n) is 4.97. The SMILES string of the molecule is CCOC(=O)C1(C(=O)OCC)CCCC2CCCCC21. The van der Waals surface area contributed by atoms with E-state index in [0.717, 1.165) is 32.1 Å². The topological polar surface area (TPSA) is 52.6 Å². The van der Waals surface area contributed by atoms with Crippen LogP contribution in [0.2, 0.25) is 0 Å². The van der Waals surface area contributed by atoms with Crippen molar-refractivity contribution in [2.75, 3.05) is 13.2 Å². The van der Waals surface area contributed by atoms with Gasteiger partial charge >= 0.3 is 11.9 Å². The maximum Gasteiger partial charge on any atom is 0.323 e. The van der Waals surface area contributed by atoms with Crippen LogP contribution in [0.5, 0.6) is 0 Å². The van der Waals surface area contributed by atoms with Gasteiger partial charge in [0.1, 0.15) is 0 Å². The van der Waals surface area contributed by atoms with Gasteiger partial charge in [0.05, 0.1) is 13.2 Å². The van der Waals surface area contributed by atoms with E-state index in [-0.39, 0.29) is 17.9 Å². The van der Waals surface area contributed by atoms with E-state index in [1.807, 2.05) is 0 Å². The van der Waals surface area contributed by atoms with Crippen LogP contribution in [-0.4, -0.2) is 25.2 Å². The molecule has 0 radical (unpaired) electrons. The van der Waals surface area contributed by atoms with Gasteiger partial charge in [-0.3, -0.25) is 9.59 Å². The van der Waals surface area contributed by atoms with Gasteiger partial charge in [0.25, 0.3) is 0 Å². The Kier molecular flexibility index (Phi) is 5.06. The van der Waals surface area contributed by atoms with E-state index in [1.54, 1.807) is 13.8 Å². The molecule has 2 unspecified atom stereocenters. The highest BCUT2D eigenvalue weighted by molar-refractivity contribution is 6.00. The highest BCUT2D eigenvalue weighted by atomic mass is 16.6. The first-order chi connectivity index (χ1) is 9.66. The van der Waals surface area contributed by atoms with Crippen LogP contribution in [0.4, 0.5) is 0 Å². The molecule has 0 amide bonds. The van der Waals surface area contributed by atoms with Gasteiger partial charge in [0, 0.05) is 0 Å². The molecule has 2 aliphatic carbocycles. The van der Waals surface area contributed by atoms with Crippen LogP contribution in [0.15, 0.2) is 0 Å². The van der Waals surface area contributed by atoms with Crippen LogP contribution >= 0.6 is 0 Å². The van der Waals surface area contributed by atoms with E-state index in [1.165, 1.54) is 6.42 Å². The standard InChI is InChI=1S/C16H26O4/c1-3-19-14(17)16(15(18)20-4-2)11-7-9-12-8-5-6-10-13(12)16/h12-13H,3-11H2,1-2H3. The van der Waals surface area contributed by atoms with Crippen LogP contribution in [0, 0.1) is 17.3 Å². The monoisotopic (exact) mass is 282 g/mol. The molecular formula is C16H26O4. The summed E-state index contributed by atoms with van der Waals surface area (Å²) >= 11 is 0. The molecule has 4 nitrogen and oxygen atoms in total. The number of rotatable bonds is 4. The Labute approximate surface area is 121 Å². The summed E-state index contributed by atoms with van der Waals surface area (Å²) in [5.41, 5.74) is -1.03. The first-order valence-corrected chi connectivity index (χ1v) is 8.01. The van der Waals surface area contributed by atoms with Gasteiger partial charge in [-0.25, -0.2) is 0 Å². The summed E-state index contributed by atoms with van der Waals surface area (Å²) < 4.78 is 10.5. The average molecular weight is 282 g/mol. The normalized spacial score (nSPS) is 28.3. The number of esters is 2. The highest BCUT2D eigenvalue weighted by Crippen LogP contribution is 2.52. The van der Waals surface area contributed by atoms with Gasteiger partial charge in [-0.15, -0.1) is 0 Å². The molecule has 0 aromatic carbocycles. The quantitative estimate of drug-likeness (QED) is 0.587. The number of ether oxygens (including phenoxy) is 2. The summed E-state index contributed by atoms with van der Waals surface area (Å²) in [5.74, 6) is -0.112. The van der Waals surface area contributed by atoms with Crippen molar-refractivity contribution in [2.24, 2.45) is 17.3 Å². The fourth-order valence-corrected chi connectivity index (χ4v) is 4.14. The molecule has 4 heteroatoms. The van der Waals surface area contributed by atoms with Crippen molar-refractivity contribution in [1.29, 1.82) is 0 Å². The van der Waals surface area contributed by atoms with E-state index in [2.05, 4.69) is 0 Å². The summed E-state index contributed by atoms with van der Waals surface area (Å²) in [5, 5.41) is 0. The summed E-state index contributed by atoms with van der Waals surface area (Å²) in [6, 6.07) is 0. The molecule has 0 saturated heterocycles. The molecular weight excluding hydrogens is 256 g/mol. The molecule has 2 aliphatic rings. The molecule has 0 spiro atoms. The third kappa shape index (κ3) is 2.57. The third-order valence-corrected chi connectivity index (χ3v) is 4.97. The molecule has 0 aromatic rings. The smallest absolute Gasteiger partial charge is 0.323 e. The van der Waals surface area contributed by atoms with Gasteiger partial charge in [-0.1, -0.05) is 32.1 Å². The molecule has 0 heterocycles. The molecule has 0 bridgehead atoms. The molecule has 2 rings (SSSR count). The van der Waals surface area contributed by atoms with Gasteiger partial charge in [0.2, 0.25) is 0 Å². The van der Waals surface area contributed by atoms with Gasteiger partial charge in [0.15, 0.2) is 5.41 Å². The number of fused-ring (bicyclic) bond motifs is 1. The van der Waals surface area contributed by atoms with Gasteiger partial charge in [-0.05, 0) is 38.5 Å². The largest absolute Gasteiger partial charge is 0.465 e. The zero-order chi connectivity index (χ0) is 14.6. The van der Waals surface area contributed by atoms with Crippen molar-refractivity contribution in [3.63, 3.8) is 0 Å². The Morgan fingerprint density at radius 1 is 0.950 bits per heavy atom. The van der Waals surface area contributed by atoms with E-state index >= 15 is 0 Å². The zero-order valence-electron chi connectivity index (χ0n) is 12.7. The number of carbonyl (C=O) groups is 2. The summed E-state index contributed by atoms with van der Waals surface area (Å²) in [6.07, 6.45) is 7.02. The van der Waals surface area contributed by atoms with Crippen molar-refractivity contribution in [2.45, 2.75) is 58.8 Å². The van der Waals surface area contributed by atoms with Gasteiger partial charge < -0.3 is 9.47 Å². The van der Waals surface area contributed by atoms with Gasteiger partial charge in [-0.2, -0.15) is 0 Å². The molecule has 2 atom stereocenters. The average Bonchev–Trinajstić information content (AvgIpc) is 2.47. The molecule has 2 saturated carbocycles. The van der Waals surface area contributed by atoms with E-state index in [4.69, 9.17) is 9.47 Å². The summed E-state index contributed by atoms with van der Waals surface area (Å²) in [4.78, 5) is 25.1. The van der Waals surface area contributed by atoms with Crippen molar-refractivity contribution < 1.29 is 19.1 Å². The predicted molar refractivity (Wildman–Crippen MR) is 75.0 cm³/mol. The van der Waals surface area contributed by atoms with E-state index in [9.17, 15) is 9.59 Å². The minimum Gasteiger partial charge on any atom is -0.465 e. The number of carbonyl (C=O) groups excluding carboxylic acids is 2. The predicted octanol–water partition coefficient (Wildman–Crippen LogP) is 3.09. The van der Waals surface area contributed by atoms with Crippen molar-refractivity contribution in [3.8, 4) is 0 Å². The van der Waals surface area contributed by atoms with Crippen molar-refractivity contribution in [1.82, 2.24) is 0 Å². The maximum absolute atomic E-state index is 12.6. The molecule has 114 valence electrons. The Hall–Kier alpha value is -1.06. The lowest BCUT2D eigenvalue weighted by atomic mass is 9.57. The number of hydrogen-bond donors (Lipinski definition) is 0. The zero-order valence-corrected chi connectivity index (χ0v) is 12.7. The first kappa shape index (κ1) is 15.3. The second kappa shape index (κ2) is 6.59. The van der Waals surface area contributed by atoms with Crippen LogP contribution in [0.25, 0.3) is 0 Å². The Bertz CT molecular complexity index is 343. The Morgan fingerprint density at radius 2 is 1.50 bits per heavy atom. The molecule has 0 aromatic heterocycles. The van der Waals surface area contributed by atoms with Crippen molar-refractivity contribution >= 4 is 11.9 Å². The lowest BCUT2D eigenvalue weighted by Gasteiger charge is -2.46. The fraction of sp³-hybridized carbons (Fsp3) is 0.875. The minimum absolute atomic E-state index is 0.114. The maximum atomic E-state index is 12.6. The van der Waals surface area contributed by atoms with Crippen LogP contribution in [0.3, 0.4) is 0 Å². The summed E-state index contributed by atoms with van der Waals surface area (Å²) in [6.45, 7) is 4.21. The van der Waals surface area contributed by atoms with E-state index < -0.39 is 5.41 Å². The second-order valence-corrected chi connectivity index (χ2v) is 5.96. The minimum atomic E-state index is -1.03.